The van der Waals surface area contributed by atoms with Crippen molar-refractivity contribution in [3.05, 3.63) is 24.3 Å². The molecule has 22 heavy (non-hydrogen) atoms. The highest BCUT2D eigenvalue weighted by Crippen LogP contribution is 2.29. The second kappa shape index (κ2) is 11.4. The first-order valence-electron chi connectivity index (χ1n) is 8.52. The third kappa shape index (κ3) is 9.00. The average Bonchev–Trinajstić information content (AvgIpc) is 3.25. The number of aliphatic hydroxyl groups excluding tert-OH is 1. The average molecular weight is 310 g/mol. The molecule has 4 heteroatoms. The maximum absolute atomic E-state index is 10.4. The molecule has 0 aromatic heterocycles. The largest absolute Gasteiger partial charge is 0.481 e. The van der Waals surface area contributed by atoms with Gasteiger partial charge in [0.05, 0.1) is 6.10 Å². The fourth-order valence-electron chi connectivity index (χ4n) is 2.48. The van der Waals surface area contributed by atoms with Crippen LogP contribution in [0.5, 0.6) is 0 Å². The fourth-order valence-corrected chi connectivity index (χ4v) is 2.48. The summed E-state index contributed by atoms with van der Waals surface area (Å²) in [6, 6.07) is 0. The number of carbonyl (C=O) groups is 1. The van der Waals surface area contributed by atoms with E-state index in [9.17, 15) is 9.90 Å². The van der Waals surface area contributed by atoms with Gasteiger partial charge < -0.3 is 14.9 Å². The number of hydrogen-bond acceptors (Lipinski definition) is 3. The van der Waals surface area contributed by atoms with E-state index < -0.39 is 5.97 Å². The van der Waals surface area contributed by atoms with Gasteiger partial charge in [-0.3, -0.25) is 4.79 Å². The van der Waals surface area contributed by atoms with Crippen molar-refractivity contribution in [3.63, 3.8) is 0 Å². The van der Waals surface area contributed by atoms with Gasteiger partial charge in [-0.15, -0.1) is 0 Å². The molecule has 1 saturated heterocycles. The van der Waals surface area contributed by atoms with E-state index in [-0.39, 0.29) is 24.7 Å². The van der Waals surface area contributed by atoms with Crippen LogP contribution in [0.1, 0.15) is 64.7 Å². The van der Waals surface area contributed by atoms with Crippen molar-refractivity contribution >= 4 is 5.97 Å². The first-order chi connectivity index (χ1) is 10.6. The number of aliphatic carboxylic acids is 1. The van der Waals surface area contributed by atoms with Gasteiger partial charge >= 0.3 is 5.97 Å². The Kier molecular flexibility index (Phi) is 9.84. The van der Waals surface area contributed by atoms with Crippen LogP contribution < -0.4 is 0 Å². The highest BCUT2D eigenvalue weighted by Gasteiger charge is 2.41. The maximum Gasteiger partial charge on any atom is 0.303 e. The number of ether oxygens (including phenoxy) is 1. The van der Waals surface area contributed by atoms with E-state index in [4.69, 9.17) is 9.84 Å². The van der Waals surface area contributed by atoms with Crippen molar-refractivity contribution in [2.24, 2.45) is 0 Å². The number of rotatable bonds is 13. The summed E-state index contributed by atoms with van der Waals surface area (Å²) in [5, 5.41) is 18.6. The second-order valence-electron chi connectivity index (χ2n) is 5.88. The molecule has 3 atom stereocenters. The molecule has 0 spiro atoms. The SMILES string of the molecule is CC/C=C\C/C=C\[C@@H]1O[C@H]1[C@H](O)CCCCCCCC(=O)O. The Morgan fingerprint density at radius 2 is 1.86 bits per heavy atom. The molecular weight excluding hydrogens is 280 g/mol. The smallest absolute Gasteiger partial charge is 0.303 e. The van der Waals surface area contributed by atoms with Crippen molar-refractivity contribution in [1.82, 2.24) is 0 Å². The number of carboxylic acid groups (broad SMARTS) is 1. The molecule has 0 aliphatic carbocycles. The lowest BCUT2D eigenvalue weighted by Crippen LogP contribution is -2.16. The normalized spacial score (nSPS) is 22.5. The highest BCUT2D eigenvalue weighted by atomic mass is 16.6. The van der Waals surface area contributed by atoms with Crippen molar-refractivity contribution in [2.45, 2.75) is 83.0 Å². The van der Waals surface area contributed by atoms with Crippen LogP contribution in [0.15, 0.2) is 24.3 Å². The van der Waals surface area contributed by atoms with E-state index >= 15 is 0 Å². The summed E-state index contributed by atoms with van der Waals surface area (Å²) >= 11 is 0. The first-order valence-corrected chi connectivity index (χ1v) is 8.52. The zero-order chi connectivity index (χ0) is 16.2. The molecule has 126 valence electrons. The van der Waals surface area contributed by atoms with Crippen LogP contribution in [0.25, 0.3) is 0 Å². The molecule has 1 fully saturated rings. The van der Waals surface area contributed by atoms with Crippen LogP contribution in [0, 0.1) is 0 Å². The van der Waals surface area contributed by atoms with Gasteiger partial charge in [-0.05, 0) is 25.7 Å². The van der Waals surface area contributed by atoms with Gasteiger partial charge in [-0.2, -0.15) is 0 Å². The van der Waals surface area contributed by atoms with E-state index in [1.54, 1.807) is 0 Å². The molecule has 1 rings (SSSR count). The summed E-state index contributed by atoms with van der Waals surface area (Å²) in [6.45, 7) is 2.11. The molecule has 0 radical (unpaired) electrons. The van der Waals surface area contributed by atoms with Crippen LogP contribution in [0.2, 0.25) is 0 Å². The van der Waals surface area contributed by atoms with E-state index in [1.165, 1.54) is 0 Å². The maximum atomic E-state index is 10.4. The van der Waals surface area contributed by atoms with Crippen LogP contribution in [0.4, 0.5) is 0 Å². The number of hydrogen-bond donors (Lipinski definition) is 2. The lowest BCUT2D eigenvalue weighted by Gasteiger charge is -2.06. The minimum absolute atomic E-state index is 0.0292. The van der Waals surface area contributed by atoms with Crippen molar-refractivity contribution in [1.29, 1.82) is 0 Å². The monoisotopic (exact) mass is 310 g/mol. The van der Waals surface area contributed by atoms with Gasteiger partial charge in [0, 0.05) is 6.42 Å². The number of epoxide rings is 1. The van der Waals surface area contributed by atoms with Gasteiger partial charge in [-0.1, -0.05) is 56.9 Å². The molecule has 0 aromatic carbocycles. The summed E-state index contributed by atoms with van der Waals surface area (Å²) in [4.78, 5) is 10.4. The number of aliphatic hydroxyl groups is 1. The van der Waals surface area contributed by atoms with E-state index in [1.807, 2.05) is 6.08 Å². The van der Waals surface area contributed by atoms with Crippen LogP contribution in [-0.2, 0) is 9.53 Å². The van der Waals surface area contributed by atoms with Crippen molar-refractivity contribution < 1.29 is 19.7 Å². The lowest BCUT2D eigenvalue weighted by atomic mass is 10.0. The molecule has 0 unspecified atom stereocenters. The minimum Gasteiger partial charge on any atom is -0.481 e. The molecular formula is C18H30O4. The molecule has 1 heterocycles. The summed E-state index contributed by atoms with van der Waals surface area (Å²) < 4.78 is 5.48. The molecule has 0 aromatic rings. The standard InChI is InChI=1S/C18H30O4/c1-2-3-4-6-10-13-16-18(22-16)15(19)12-9-7-5-8-11-14-17(20)21/h3-4,10,13,15-16,18-19H,2,5-9,11-12,14H2,1H3,(H,20,21)/b4-3-,13-10-/t15-,16+,18+/m1/s1. The molecule has 1 aliphatic heterocycles. The predicted octanol–water partition coefficient (Wildman–Crippen LogP) is 3.84. The van der Waals surface area contributed by atoms with Gasteiger partial charge in [0.1, 0.15) is 12.2 Å². The van der Waals surface area contributed by atoms with Crippen LogP contribution >= 0.6 is 0 Å². The van der Waals surface area contributed by atoms with E-state index in [0.29, 0.717) is 0 Å². The minimum atomic E-state index is -0.717. The van der Waals surface area contributed by atoms with Gasteiger partial charge in [-0.25, -0.2) is 0 Å². The van der Waals surface area contributed by atoms with Crippen LogP contribution in [0.3, 0.4) is 0 Å². The summed E-state index contributed by atoms with van der Waals surface area (Å²) in [5.41, 5.74) is 0. The van der Waals surface area contributed by atoms with Crippen molar-refractivity contribution in [2.75, 3.05) is 0 Å². The Bertz CT molecular complexity index is 362. The molecule has 0 amide bonds. The zero-order valence-electron chi connectivity index (χ0n) is 13.6. The second-order valence-corrected chi connectivity index (χ2v) is 5.88. The number of allylic oxidation sites excluding steroid dienone is 3. The van der Waals surface area contributed by atoms with Crippen molar-refractivity contribution in [3.8, 4) is 0 Å². The quantitative estimate of drug-likeness (QED) is 0.308. The zero-order valence-corrected chi connectivity index (χ0v) is 13.6. The van der Waals surface area contributed by atoms with E-state index in [0.717, 1.165) is 51.4 Å². The molecule has 0 saturated carbocycles. The Morgan fingerprint density at radius 1 is 1.14 bits per heavy atom. The first kappa shape index (κ1) is 18.9. The Morgan fingerprint density at radius 3 is 2.59 bits per heavy atom. The Balaban J connectivity index is 1.97. The van der Waals surface area contributed by atoms with E-state index in [2.05, 4.69) is 25.2 Å². The lowest BCUT2D eigenvalue weighted by molar-refractivity contribution is -0.137. The number of carboxylic acids is 1. The van der Waals surface area contributed by atoms with Gasteiger partial charge in [0.25, 0.3) is 0 Å². The topological polar surface area (TPSA) is 70.1 Å². The van der Waals surface area contributed by atoms with Gasteiger partial charge in [0.2, 0.25) is 0 Å². The van der Waals surface area contributed by atoms with Crippen LogP contribution in [-0.4, -0.2) is 34.5 Å². The molecule has 0 bridgehead atoms. The summed E-state index contributed by atoms with van der Waals surface area (Å²) in [5.74, 6) is -0.717. The summed E-state index contributed by atoms with van der Waals surface area (Å²) in [7, 11) is 0. The highest BCUT2D eigenvalue weighted by molar-refractivity contribution is 5.66. The number of unbranched alkanes of at least 4 members (excludes halogenated alkanes) is 4. The molecule has 4 nitrogen and oxygen atoms in total. The molecule has 1 aliphatic rings. The third-order valence-electron chi connectivity index (χ3n) is 3.83. The fraction of sp³-hybridized carbons (Fsp3) is 0.722. The predicted molar refractivity (Wildman–Crippen MR) is 87.8 cm³/mol. The Hall–Kier alpha value is -1.13. The Labute approximate surface area is 133 Å². The summed E-state index contributed by atoms with van der Waals surface area (Å²) in [6.07, 6.45) is 15.9. The third-order valence-corrected chi connectivity index (χ3v) is 3.83. The van der Waals surface area contributed by atoms with Gasteiger partial charge in [0.15, 0.2) is 0 Å². The molecule has 2 N–H and O–H groups in total.